The lowest BCUT2D eigenvalue weighted by Crippen LogP contribution is -2.31. The normalized spacial score (nSPS) is 12.1. The lowest BCUT2D eigenvalue weighted by Gasteiger charge is -2.24. The van der Waals surface area contributed by atoms with Gasteiger partial charge in [0.1, 0.15) is 18.0 Å². The zero-order valence-electron chi connectivity index (χ0n) is 40.6. The van der Waals surface area contributed by atoms with Crippen LogP contribution in [0.4, 0.5) is 34.1 Å². The van der Waals surface area contributed by atoms with E-state index in [2.05, 4.69) is 32.0 Å². The van der Waals surface area contributed by atoms with Gasteiger partial charge in [-0.15, -0.1) is 15.3 Å². The zero-order valence-corrected chi connectivity index (χ0v) is 41.4. The van der Waals surface area contributed by atoms with E-state index in [0.717, 1.165) is 60.3 Å². The number of azo groups is 2. The Labute approximate surface area is 422 Å². The third kappa shape index (κ3) is 8.93. The van der Waals surface area contributed by atoms with Crippen LogP contribution in [0.2, 0.25) is 5.02 Å². The number of rotatable bonds is 16. The lowest BCUT2D eigenvalue weighted by molar-refractivity contribution is 0.0953. The number of hydrogen-bond acceptors (Lipinski definition) is 10. The fourth-order valence-electron chi connectivity index (χ4n) is 9.52. The van der Waals surface area contributed by atoms with Gasteiger partial charge in [0.15, 0.2) is 17.3 Å². The van der Waals surface area contributed by atoms with E-state index in [1.807, 2.05) is 153 Å². The molecule has 9 aromatic carbocycles. The Bertz CT molecular complexity index is 3650. The average Bonchev–Trinajstić information content (AvgIpc) is 3.40. The highest BCUT2D eigenvalue weighted by Crippen LogP contribution is 2.47. The number of carbonyl (C=O) groups excluding carboxylic acids is 2. The number of fused-ring (bicyclic) bond motifs is 4. The average molecular weight is 972 g/mol. The fraction of sp³-hybridized carbons (Fsp3) is 0.167. The van der Waals surface area contributed by atoms with Crippen LogP contribution >= 0.6 is 11.6 Å². The molecule has 1 amide bonds. The Hall–Kier alpha value is -8.25. The third-order valence-electron chi connectivity index (χ3n) is 12.8. The highest BCUT2D eigenvalue weighted by molar-refractivity contribution is 6.34. The van der Waals surface area contributed by atoms with Gasteiger partial charge in [-0.2, -0.15) is 5.11 Å². The molecule has 0 saturated heterocycles. The number of halogens is 1. The largest absolute Gasteiger partial charge is 0.491 e. The first kappa shape index (κ1) is 47.4. The maximum absolute atomic E-state index is 14.6. The summed E-state index contributed by atoms with van der Waals surface area (Å²) in [5.41, 5.74) is 8.64. The minimum absolute atomic E-state index is 0.141. The summed E-state index contributed by atoms with van der Waals surface area (Å²) in [4.78, 5) is 37.1. The Morgan fingerprint density at radius 3 is 1.99 bits per heavy atom. The van der Waals surface area contributed by atoms with Crippen molar-refractivity contribution in [2.75, 3.05) is 36.3 Å². The number of carbonyl (C=O) groups is 2. The molecule has 11 nitrogen and oxygen atoms in total. The lowest BCUT2D eigenvalue weighted by atomic mass is 9.82. The molecule has 0 atom stereocenters. The van der Waals surface area contributed by atoms with Crippen LogP contribution in [-0.2, 0) is 11.4 Å². The Morgan fingerprint density at radius 1 is 0.583 bits per heavy atom. The van der Waals surface area contributed by atoms with Crippen molar-refractivity contribution in [2.45, 2.75) is 41.2 Å². The summed E-state index contributed by atoms with van der Waals surface area (Å²) in [6.45, 7) is 11.8. The molecule has 1 aliphatic rings. The van der Waals surface area contributed by atoms with Gasteiger partial charge in [0.05, 0.1) is 46.5 Å². The van der Waals surface area contributed by atoms with Crippen LogP contribution in [0.1, 0.15) is 65.1 Å². The van der Waals surface area contributed by atoms with Crippen molar-refractivity contribution >= 4 is 89.7 Å². The van der Waals surface area contributed by atoms with E-state index in [4.69, 9.17) is 46.4 Å². The van der Waals surface area contributed by atoms with Crippen LogP contribution in [0.3, 0.4) is 0 Å². The van der Waals surface area contributed by atoms with Gasteiger partial charge in [-0.3, -0.25) is 19.5 Å². The first-order chi connectivity index (χ1) is 35.2. The number of nitrogens with zero attached hydrogens (tertiary/aromatic N) is 6. The van der Waals surface area contributed by atoms with E-state index in [9.17, 15) is 9.59 Å². The summed E-state index contributed by atoms with van der Waals surface area (Å²) in [5, 5.41) is 26.6. The third-order valence-corrected chi connectivity index (χ3v) is 13.1. The van der Waals surface area contributed by atoms with Gasteiger partial charge in [-0.05, 0) is 117 Å². The molecule has 10 rings (SSSR count). The van der Waals surface area contributed by atoms with Crippen molar-refractivity contribution < 1.29 is 23.9 Å². The van der Waals surface area contributed by atoms with Crippen molar-refractivity contribution in [2.24, 2.45) is 20.5 Å². The number of benzene rings is 9. The zero-order chi connectivity index (χ0) is 49.9. The van der Waals surface area contributed by atoms with E-state index in [1.54, 1.807) is 17.0 Å². The van der Waals surface area contributed by atoms with Gasteiger partial charge < -0.3 is 14.4 Å². The summed E-state index contributed by atoms with van der Waals surface area (Å²) in [5.74, 6) is 0.480. The van der Waals surface area contributed by atoms with Crippen LogP contribution in [0.25, 0.3) is 43.4 Å². The molecule has 1 aliphatic carbocycles. The van der Waals surface area contributed by atoms with Gasteiger partial charge in [0, 0.05) is 51.3 Å². The smallest absolute Gasteiger partial charge is 0.262 e. The van der Waals surface area contributed by atoms with Crippen LogP contribution in [0, 0.1) is 6.92 Å². The Kier molecular flexibility index (Phi) is 13.6. The van der Waals surface area contributed by atoms with E-state index < -0.39 is 0 Å². The molecule has 12 heteroatoms. The van der Waals surface area contributed by atoms with Crippen molar-refractivity contribution in [1.29, 1.82) is 0 Å². The SMILES string of the molecule is CCOc1c(CON(CC)c2cccc(C)c2)cc2ccccc2c1N=Nc1ccc2c(c1)C(=O)c1cccc3c(N=Nc4c(OCC)c(C(=O)N(CC)c5ccccc5Cl)cc5ccccc45)ccc-2c13. The molecule has 0 saturated carbocycles. The summed E-state index contributed by atoms with van der Waals surface area (Å²) < 4.78 is 12.6. The molecule has 0 bridgehead atoms. The van der Waals surface area contributed by atoms with E-state index in [0.29, 0.717) is 81.3 Å². The molecular formula is C60H51ClN6O5. The van der Waals surface area contributed by atoms with Crippen LogP contribution in [0.5, 0.6) is 11.5 Å². The standard InChI is InChI=1S/C60H51ClN6O5/c1-6-66(53-27-15-14-26-51(53)61)60(69)50-34-39-20-11-13-23-44(39)56(59(50)71-9-4)65-63-52-31-30-46-45-29-28-41(35-49(45)57(68)48-25-17-24-47(52)54(46)48)62-64-55-43-22-12-10-19-38(43)33-40(58(55)70-8-3)36-72-67(7-2)42-21-16-18-37(5)32-42/h10-35H,6-9,36H2,1-5H3. The van der Waals surface area contributed by atoms with Crippen LogP contribution in [0.15, 0.2) is 178 Å². The Morgan fingerprint density at radius 2 is 1.25 bits per heavy atom. The highest BCUT2D eigenvalue weighted by Gasteiger charge is 2.29. The number of hydrogen-bond donors (Lipinski definition) is 0. The number of ketones is 1. The predicted molar refractivity (Wildman–Crippen MR) is 289 cm³/mol. The first-order valence-electron chi connectivity index (χ1n) is 24.2. The minimum Gasteiger partial charge on any atom is -0.491 e. The van der Waals surface area contributed by atoms with Gasteiger partial charge in [0.25, 0.3) is 5.91 Å². The molecule has 0 N–H and O–H groups in total. The molecule has 72 heavy (non-hydrogen) atoms. The second-order valence-corrected chi connectivity index (χ2v) is 17.7. The van der Waals surface area contributed by atoms with E-state index in [1.165, 1.54) is 0 Å². The molecule has 0 spiro atoms. The second kappa shape index (κ2) is 20.6. The molecule has 0 unspecified atom stereocenters. The van der Waals surface area contributed by atoms with Crippen LogP contribution in [-0.4, -0.2) is 38.0 Å². The van der Waals surface area contributed by atoms with Gasteiger partial charge >= 0.3 is 0 Å². The van der Waals surface area contributed by atoms with Crippen molar-refractivity contribution in [3.05, 3.63) is 191 Å². The monoisotopic (exact) mass is 970 g/mol. The minimum atomic E-state index is -0.281. The number of anilines is 2. The number of aryl methyl sites for hydroxylation is 1. The summed E-state index contributed by atoms with van der Waals surface area (Å²) in [6, 6.07) is 50.2. The molecule has 0 fully saturated rings. The van der Waals surface area contributed by atoms with Gasteiger partial charge in [0.2, 0.25) is 0 Å². The summed E-state index contributed by atoms with van der Waals surface area (Å²) >= 11 is 6.61. The summed E-state index contributed by atoms with van der Waals surface area (Å²) in [7, 11) is 0. The first-order valence-corrected chi connectivity index (χ1v) is 24.6. The maximum atomic E-state index is 14.6. The van der Waals surface area contributed by atoms with Gasteiger partial charge in [-0.25, -0.2) is 0 Å². The maximum Gasteiger partial charge on any atom is 0.262 e. The molecule has 0 aromatic heterocycles. The van der Waals surface area contributed by atoms with E-state index >= 15 is 0 Å². The predicted octanol–water partition coefficient (Wildman–Crippen LogP) is 16.6. The highest BCUT2D eigenvalue weighted by atomic mass is 35.5. The molecule has 0 heterocycles. The Balaban J connectivity index is 1.000. The quantitative estimate of drug-likeness (QED) is 0.0703. The molecule has 0 radical (unpaired) electrons. The number of amides is 1. The van der Waals surface area contributed by atoms with Crippen LogP contribution < -0.4 is 19.4 Å². The van der Waals surface area contributed by atoms with Gasteiger partial charge in [-0.1, -0.05) is 115 Å². The second-order valence-electron chi connectivity index (χ2n) is 17.3. The molecule has 358 valence electrons. The number of ether oxygens (including phenoxy) is 2. The molecular weight excluding hydrogens is 920 g/mol. The van der Waals surface area contributed by atoms with Crippen molar-refractivity contribution in [3.63, 3.8) is 0 Å². The number of hydroxylamine groups is 1. The fourth-order valence-corrected chi connectivity index (χ4v) is 9.76. The van der Waals surface area contributed by atoms with E-state index in [-0.39, 0.29) is 24.9 Å². The van der Waals surface area contributed by atoms with Crippen molar-refractivity contribution in [3.8, 4) is 22.6 Å². The topological polar surface area (TPSA) is 118 Å². The van der Waals surface area contributed by atoms with Crippen molar-refractivity contribution in [1.82, 2.24) is 0 Å². The molecule has 0 aliphatic heterocycles. The molecule has 9 aromatic rings. The number of para-hydroxylation sites is 1. The summed E-state index contributed by atoms with van der Waals surface area (Å²) in [6.07, 6.45) is 0.